The van der Waals surface area contributed by atoms with Crippen LogP contribution in [-0.2, 0) is 14.4 Å². The van der Waals surface area contributed by atoms with Crippen LogP contribution in [0.15, 0.2) is 5.16 Å². The van der Waals surface area contributed by atoms with Crippen LogP contribution in [0.4, 0.5) is 0 Å². The predicted molar refractivity (Wildman–Crippen MR) is 70.7 cm³/mol. The number of hydrogen-bond donors (Lipinski definition) is 0. The van der Waals surface area contributed by atoms with Crippen molar-refractivity contribution >= 4 is 11.7 Å². The van der Waals surface area contributed by atoms with Crippen LogP contribution in [0, 0.1) is 0 Å². The average molecular weight is 267 g/mol. The lowest BCUT2D eigenvalue weighted by molar-refractivity contribution is -0.932. The van der Waals surface area contributed by atoms with Crippen molar-refractivity contribution in [1.82, 2.24) is 0 Å². The fourth-order valence-electron chi connectivity index (χ4n) is 4.03. The van der Waals surface area contributed by atoms with Crippen LogP contribution in [0.2, 0.25) is 0 Å². The highest BCUT2D eigenvalue weighted by molar-refractivity contribution is 6.36. The van der Waals surface area contributed by atoms with Gasteiger partial charge in [0.15, 0.2) is 11.3 Å². The second-order valence-electron chi connectivity index (χ2n) is 6.63. The molecule has 1 spiro atoms. The highest BCUT2D eigenvalue weighted by atomic mass is 16.7. The minimum Gasteiger partial charge on any atom is -0.461 e. The first-order chi connectivity index (χ1) is 8.97. The summed E-state index contributed by atoms with van der Waals surface area (Å²) in [6, 6.07) is 1.27. The number of nitrogens with zero attached hydrogens (tertiary/aromatic N) is 2. The second kappa shape index (κ2) is 4.20. The number of hydrogen-bond acceptors (Lipinski definition) is 4. The zero-order valence-corrected chi connectivity index (χ0v) is 12.0. The van der Waals surface area contributed by atoms with E-state index in [0.29, 0.717) is 30.8 Å². The van der Waals surface area contributed by atoms with Gasteiger partial charge in [-0.25, -0.2) is 4.79 Å². The van der Waals surface area contributed by atoms with E-state index < -0.39 is 0 Å². The molecule has 1 unspecified atom stereocenters. The first-order valence-corrected chi connectivity index (χ1v) is 7.22. The molecule has 19 heavy (non-hydrogen) atoms. The van der Waals surface area contributed by atoms with Gasteiger partial charge in [0, 0.05) is 32.1 Å². The highest BCUT2D eigenvalue weighted by Gasteiger charge is 2.58. The summed E-state index contributed by atoms with van der Waals surface area (Å²) in [5.74, 6) is -0.314. The number of rotatable bonds is 2. The third-order valence-corrected chi connectivity index (χ3v) is 5.28. The number of quaternary nitrogens is 1. The molecule has 3 aliphatic rings. The lowest BCUT2D eigenvalue weighted by Gasteiger charge is -2.47. The van der Waals surface area contributed by atoms with Crippen molar-refractivity contribution in [1.29, 1.82) is 0 Å². The van der Waals surface area contributed by atoms with Crippen molar-refractivity contribution in [2.45, 2.75) is 56.7 Å². The number of ether oxygens (including phenoxy) is 1. The maximum absolute atomic E-state index is 11.7. The summed E-state index contributed by atoms with van der Waals surface area (Å²) in [5.41, 5.74) is 0.232. The molecule has 3 heterocycles. The van der Waals surface area contributed by atoms with Crippen LogP contribution in [0.5, 0.6) is 0 Å². The number of carbonyl (C=O) groups is 1. The number of carbonyl (C=O) groups excluding carboxylic acids is 1. The molecule has 0 amide bonds. The monoisotopic (exact) mass is 267 g/mol. The van der Waals surface area contributed by atoms with Gasteiger partial charge in [-0.1, -0.05) is 5.16 Å². The summed E-state index contributed by atoms with van der Waals surface area (Å²) in [4.78, 5) is 17.5. The fourth-order valence-corrected chi connectivity index (χ4v) is 4.03. The quantitative estimate of drug-likeness (QED) is 0.562. The Morgan fingerprint density at radius 3 is 2.63 bits per heavy atom. The van der Waals surface area contributed by atoms with E-state index in [-0.39, 0.29) is 11.6 Å². The van der Waals surface area contributed by atoms with Crippen molar-refractivity contribution in [3.8, 4) is 0 Å². The summed E-state index contributed by atoms with van der Waals surface area (Å²) in [6.07, 6.45) is 5.15. The van der Waals surface area contributed by atoms with Crippen LogP contribution in [0.3, 0.4) is 0 Å². The Morgan fingerprint density at radius 1 is 1.42 bits per heavy atom. The molecule has 0 aliphatic carbocycles. The van der Waals surface area contributed by atoms with Crippen molar-refractivity contribution in [2.75, 3.05) is 20.7 Å². The molecule has 0 N–H and O–H groups in total. The van der Waals surface area contributed by atoms with Gasteiger partial charge in [0.25, 0.3) is 0 Å². The van der Waals surface area contributed by atoms with Crippen LogP contribution in [-0.4, -0.2) is 54.6 Å². The Kier molecular flexibility index (Phi) is 2.85. The molecule has 2 fully saturated rings. The number of esters is 1. The van der Waals surface area contributed by atoms with Gasteiger partial charge < -0.3 is 14.1 Å². The van der Waals surface area contributed by atoms with Gasteiger partial charge in [0.2, 0.25) is 0 Å². The van der Waals surface area contributed by atoms with Gasteiger partial charge in [0.1, 0.15) is 0 Å². The molecule has 5 nitrogen and oxygen atoms in total. The molecule has 3 rings (SSSR count). The number of oxime groups is 1. The molecule has 0 saturated carbocycles. The molecule has 106 valence electrons. The van der Waals surface area contributed by atoms with Crippen molar-refractivity contribution in [2.24, 2.45) is 5.16 Å². The fraction of sp³-hybridized carbons (Fsp3) is 0.857. The normalized spacial score (nSPS) is 39.0. The molecule has 5 heteroatoms. The molecule has 0 aromatic heterocycles. The summed E-state index contributed by atoms with van der Waals surface area (Å²) < 4.78 is 6.11. The molecule has 3 aliphatic heterocycles. The topological polar surface area (TPSA) is 47.9 Å². The van der Waals surface area contributed by atoms with Gasteiger partial charge in [-0.05, 0) is 6.92 Å². The van der Waals surface area contributed by atoms with E-state index in [1.165, 1.54) is 12.8 Å². The van der Waals surface area contributed by atoms with E-state index in [9.17, 15) is 4.79 Å². The molecular weight excluding hydrogens is 244 g/mol. The van der Waals surface area contributed by atoms with Crippen LogP contribution in [0.1, 0.15) is 39.0 Å². The van der Waals surface area contributed by atoms with E-state index in [1.54, 1.807) is 0 Å². The van der Waals surface area contributed by atoms with Crippen molar-refractivity contribution in [3.63, 3.8) is 0 Å². The minimum absolute atomic E-state index is 0.234. The Morgan fingerprint density at radius 2 is 2.05 bits per heavy atom. The Hall–Kier alpha value is -1.10. The van der Waals surface area contributed by atoms with Gasteiger partial charge in [-0.2, -0.15) is 0 Å². The highest BCUT2D eigenvalue weighted by Crippen LogP contribution is 2.48. The summed E-state index contributed by atoms with van der Waals surface area (Å²) >= 11 is 0. The average Bonchev–Trinajstić information content (AvgIpc) is 2.77. The predicted octanol–water partition coefficient (Wildman–Crippen LogP) is 1.47. The Balaban J connectivity index is 1.71. The lowest BCUT2D eigenvalue weighted by Crippen LogP contribution is -2.59. The maximum atomic E-state index is 11.7. The number of fused-ring (bicyclic) bond motifs is 2. The van der Waals surface area contributed by atoms with E-state index in [0.717, 1.165) is 17.3 Å². The molecule has 2 saturated heterocycles. The first kappa shape index (κ1) is 12.9. The van der Waals surface area contributed by atoms with Crippen LogP contribution >= 0.6 is 0 Å². The maximum Gasteiger partial charge on any atom is 0.356 e. The molecule has 3 atom stereocenters. The third kappa shape index (κ3) is 1.95. The lowest BCUT2D eigenvalue weighted by atomic mass is 9.81. The third-order valence-electron chi connectivity index (χ3n) is 5.28. The number of piperidine rings is 1. The minimum atomic E-state index is -0.314. The molecule has 0 aromatic carbocycles. The largest absolute Gasteiger partial charge is 0.461 e. The van der Waals surface area contributed by atoms with Gasteiger partial charge in [0.05, 0.1) is 32.8 Å². The van der Waals surface area contributed by atoms with E-state index in [4.69, 9.17) is 9.57 Å². The van der Waals surface area contributed by atoms with Gasteiger partial charge in [-0.3, -0.25) is 0 Å². The van der Waals surface area contributed by atoms with Gasteiger partial charge >= 0.3 is 5.97 Å². The molecule has 0 radical (unpaired) electrons. The second-order valence-corrected chi connectivity index (χ2v) is 6.63. The van der Waals surface area contributed by atoms with E-state index in [1.807, 2.05) is 6.92 Å². The zero-order valence-electron chi connectivity index (χ0n) is 12.0. The standard InChI is InChI=1S/C14H23N2O3/c1-4-18-13(17)12-9-14(19-15-12)7-10-5-6-11(8-14)16(10,2)3/h10-11H,4-9H2,1-3H3/q+1/t10-,11+,14?. The first-order valence-electron chi connectivity index (χ1n) is 7.22. The summed E-state index contributed by atoms with van der Waals surface area (Å²) in [6.45, 7) is 2.20. The Bertz CT molecular complexity index is 414. The van der Waals surface area contributed by atoms with Crippen molar-refractivity contribution < 1.29 is 18.9 Å². The SMILES string of the molecule is CCOC(=O)C1=NOC2(C1)C[C@H]1CC[C@@H](C2)[N+]1(C)C. The van der Waals surface area contributed by atoms with E-state index >= 15 is 0 Å². The Labute approximate surface area is 114 Å². The zero-order chi connectivity index (χ0) is 13.7. The van der Waals surface area contributed by atoms with Crippen LogP contribution in [0.25, 0.3) is 0 Å². The molecular formula is C14H23N2O3+. The van der Waals surface area contributed by atoms with Gasteiger partial charge in [-0.15, -0.1) is 0 Å². The summed E-state index contributed by atoms with van der Waals surface area (Å²) in [7, 11) is 4.63. The van der Waals surface area contributed by atoms with Crippen molar-refractivity contribution in [3.05, 3.63) is 0 Å². The molecule has 0 aromatic rings. The van der Waals surface area contributed by atoms with E-state index in [2.05, 4.69) is 19.3 Å². The smallest absolute Gasteiger partial charge is 0.356 e. The summed E-state index contributed by atoms with van der Waals surface area (Å²) in [5, 5.41) is 4.01. The molecule has 2 bridgehead atoms. The van der Waals surface area contributed by atoms with Crippen LogP contribution < -0.4 is 0 Å².